The number of hydrogen-bond acceptors (Lipinski definition) is 4. The maximum absolute atomic E-state index is 14.0. The normalized spacial score (nSPS) is 19.1. The van der Waals surface area contributed by atoms with Crippen molar-refractivity contribution in [2.24, 2.45) is 0 Å². The topological polar surface area (TPSA) is 69.7 Å². The summed E-state index contributed by atoms with van der Waals surface area (Å²) in [5.41, 5.74) is 4.61. The molecule has 1 spiro atoms. The minimum absolute atomic E-state index is 0.148. The van der Waals surface area contributed by atoms with E-state index in [0.29, 0.717) is 27.6 Å². The average Bonchev–Trinajstić information content (AvgIpc) is 3.27. The van der Waals surface area contributed by atoms with Gasteiger partial charge in [0.05, 0.1) is 11.4 Å². The molecule has 0 bridgehead atoms. The molecule has 0 saturated carbocycles. The highest BCUT2D eigenvalue weighted by Gasteiger charge is 2.61. The van der Waals surface area contributed by atoms with E-state index in [1.165, 1.54) is 21.6 Å². The summed E-state index contributed by atoms with van der Waals surface area (Å²) < 4.78 is 0. The third kappa shape index (κ3) is 3.56. The molecule has 3 aromatic carbocycles. The highest BCUT2D eigenvalue weighted by molar-refractivity contribution is 8.02. The zero-order valence-electron chi connectivity index (χ0n) is 18.7. The lowest BCUT2D eigenvalue weighted by Gasteiger charge is -2.33. The number of aryl methyl sites for hydroxylation is 2. The van der Waals surface area contributed by atoms with Crippen LogP contribution in [0, 0.1) is 13.8 Å². The third-order valence-corrected chi connectivity index (χ3v) is 7.71. The van der Waals surface area contributed by atoms with E-state index in [9.17, 15) is 14.4 Å². The molecule has 3 aromatic rings. The zero-order chi connectivity index (χ0) is 24.0. The number of carbonyl (C=O) groups is 3. The van der Waals surface area contributed by atoms with Crippen LogP contribution in [-0.4, -0.2) is 30.0 Å². The average molecular weight is 492 g/mol. The Balaban J connectivity index is 1.51. The largest absolute Gasteiger partial charge is 0.324 e. The van der Waals surface area contributed by atoms with Crippen molar-refractivity contribution >= 4 is 58.1 Å². The molecule has 3 amide bonds. The molecular weight excluding hydrogens is 470 g/mol. The van der Waals surface area contributed by atoms with Crippen LogP contribution in [0.5, 0.6) is 0 Å². The number of anilines is 3. The van der Waals surface area contributed by atoms with Gasteiger partial charge in [-0.2, -0.15) is 0 Å². The first-order valence-electron chi connectivity index (χ1n) is 10.8. The van der Waals surface area contributed by atoms with Crippen LogP contribution in [0.25, 0.3) is 0 Å². The Morgan fingerprint density at radius 2 is 1.85 bits per heavy atom. The molecule has 0 unspecified atom stereocenters. The summed E-state index contributed by atoms with van der Waals surface area (Å²) in [6, 6.07) is 20.0. The Labute approximate surface area is 206 Å². The molecule has 5 rings (SSSR count). The zero-order valence-corrected chi connectivity index (χ0v) is 20.2. The number of fused-ring (bicyclic) bond motifs is 2. The van der Waals surface area contributed by atoms with Gasteiger partial charge in [0.25, 0.3) is 5.91 Å². The number of halogens is 1. The maximum atomic E-state index is 14.0. The van der Waals surface area contributed by atoms with Crippen molar-refractivity contribution in [1.82, 2.24) is 0 Å². The molecule has 1 atom stereocenters. The van der Waals surface area contributed by atoms with Crippen molar-refractivity contribution in [3.8, 4) is 0 Å². The van der Waals surface area contributed by atoms with E-state index in [2.05, 4.69) is 5.32 Å². The molecule has 0 radical (unpaired) electrons. The predicted octanol–water partition coefficient (Wildman–Crippen LogP) is 4.87. The van der Waals surface area contributed by atoms with E-state index >= 15 is 0 Å². The van der Waals surface area contributed by atoms with Gasteiger partial charge in [-0.05, 0) is 49.7 Å². The van der Waals surface area contributed by atoms with E-state index in [1.807, 2.05) is 56.3 Å². The van der Waals surface area contributed by atoms with Crippen molar-refractivity contribution in [2.75, 3.05) is 27.4 Å². The first-order chi connectivity index (χ1) is 16.3. The summed E-state index contributed by atoms with van der Waals surface area (Å²) in [5, 5.41) is 3.39. The fourth-order valence-corrected chi connectivity index (χ4v) is 6.16. The van der Waals surface area contributed by atoms with Crippen molar-refractivity contribution in [2.45, 2.75) is 18.7 Å². The van der Waals surface area contributed by atoms with E-state index in [4.69, 9.17) is 11.6 Å². The van der Waals surface area contributed by atoms with Crippen LogP contribution in [0.1, 0.15) is 16.7 Å². The van der Waals surface area contributed by atoms with Crippen LogP contribution in [0.4, 0.5) is 17.1 Å². The second-order valence-electron chi connectivity index (χ2n) is 8.42. The smallest absolute Gasteiger partial charge is 0.269 e. The summed E-state index contributed by atoms with van der Waals surface area (Å²) >= 11 is 7.48. The Hall–Kier alpha value is -3.29. The molecule has 0 aliphatic carbocycles. The van der Waals surface area contributed by atoms with Gasteiger partial charge in [-0.3, -0.25) is 24.2 Å². The molecule has 1 saturated heterocycles. The lowest BCUT2D eigenvalue weighted by Crippen LogP contribution is -2.50. The molecule has 2 aliphatic rings. The van der Waals surface area contributed by atoms with E-state index in [1.54, 1.807) is 24.3 Å². The van der Waals surface area contributed by atoms with Gasteiger partial charge in [0.15, 0.2) is 0 Å². The number of amides is 3. The SMILES string of the molecule is Cc1ccc(NC(=O)CN2C(=O)[C@]3(SCC(=O)N3c3cccc(Cl)c3)c3ccccc32)c(C)c1. The van der Waals surface area contributed by atoms with Crippen LogP contribution < -0.4 is 15.1 Å². The maximum Gasteiger partial charge on any atom is 0.269 e. The second-order valence-corrected chi connectivity index (χ2v) is 10.0. The van der Waals surface area contributed by atoms with Crippen LogP contribution in [0.15, 0.2) is 66.7 Å². The standard InChI is InChI=1S/C26H22ClN3O3S/c1-16-10-11-21(17(2)12-16)28-23(31)14-29-22-9-4-3-8-20(22)26(25(29)33)30(24(32)15-34-26)19-7-5-6-18(27)13-19/h3-13H,14-15H2,1-2H3,(H,28,31)/t26-/m1/s1. The predicted molar refractivity (Wildman–Crippen MR) is 136 cm³/mol. The monoisotopic (exact) mass is 491 g/mol. The van der Waals surface area contributed by atoms with Gasteiger partial charge in [-0.15, -0.1) is 11.8 Å². The van der Waals surface area contributed by atoms with Gasteiger partial charge in [-0.25, -0.2) is 0 Å². The van der Waals surface area contributed by atoms with Crippen LogP contribution in [0.2, 0.25) is 5.02 Å². The van der Waals surface area contributed by atoms with Gasteiger partial charge >= 0.3 is 0 Å². The molecule has 1 N–H and O–H groups in total. The first kappa shape index (κ1) is 22.5. The fraction of sp³-hybridized carbons (Fsp3) is 0.192. The van der Waals surface area contributed by atoms with E-state index < -0.39 is 4.87 Å². The number of carbonyl (C=O) groups excluding carboxylic acids is 3. The second kappa shape index (κ2) is 8.49. The third-order valence-electron chi connectivity index (χ3n) is 6.09. The highest BCUT2D eigenvalue weighted by Crippen LogP contribution is 2.55. The number of para-hydroxylation sites is 1. The summed E-state index contributed by atoms with van der Waals surface area (Å²) in [4.78, 5) is 41.8. The summed E-state index contributed by atoms with van der Waals surface area (Å²) in [6.45, 7) is 3.75. The fourth-order valence-electron chi connectivity index (χ4n) is 4.61. The number of rotatable bonds is 4. The molecule has 8 heteroatoms. The van der Waals surface area contributed by atoms with Gasteiger partial charge in [0.1, 0.15) is 6.54 Å². The highest BCUT2D eigenvalue weighted by atomic mass is 35.5. The van der Waals surface area contributed by atoms with Crippen molar-refractivity contribution < 1.29 is 14.4 Å². The molecule has 0 aromatic heterocycles. The minimum atomic E-state index is -1.28. The van der Waals surface area contributed by atoms with Gasteiger partial charge in [0, 0.05) is 22.0 Å². The number of thioether (sulfide) groups is 1. The van der Waals surface area contributed by atoms with E-state index in [0.717, 1.165) is 11.1 Å². The van der Waals surface area contributed by atoms with Crippen molar-refractivity contribution in [1.29, 1.82) is 0 Å². The van der Waals surface area contributed by atoms with Crippen LogP contribution in [-0.2, 0) is 19.3 Å². The lowest BCUT2D eigenvalue weighted by molar-refractivity contribution is -0.124. The lowest BCUT2D eigenvalue weighted by atomic mass is 10.0. The Morgan fingerprint density at radius 3 is 2.62 bits per heavy atom. The number of nitrogens with zero attached hydrogens (tertiary/aromatic N) is 2. The summed E-state index contributed by atoms with van der Waals surface area (Å²) in [5.74, 6) is -0.664. The van der Waals surface area contributed by atoms with Gasteiger partial charge in [0.2, 0.25) is 16.7 Å². The molecule has 6 nitrogen and oxygen atoms in total. The van der Waals surface area contributed by atoms with Gasteiger partial charge in [-0.1, -0.05) is 53.6 Å². The molecule has 172 valence electrons. The molecule has 1 fully saturated rings. The van der Waals surface area contributed by atoms with Crippen LogP contribution in [0.3, 0.4) is 0 Å². The van der Waals surface area contributed by atoms with Crippen molar-refractivity contribution in [3.05, 3.63) is 88.4 Å². The molecule has 34 heavy (non-hydrogen) atoms. The Morgan fingerprint density at radius 1 is 1.06 bits per heavy atom. The minimum Gasteiger partial charge on any atom is -0.324 e. The van der Waals surface area contributed by atoms with Crippen LogP contribution >= 0.6 is 23.4 Å². The van der Waals surface area contributed by atoms with E-state index in [-0.39, 0.29) is 30.0 Å². The quantitative estimate of drug-likeness (QED) is 0.565. The van der Waals surface area contributed by atoms with Crippen molar-refractivity contribution in [3.63, 3.8) is 0 Å². The molecule has 2 heterocycles. The summed E-state index contributed by atoms with van der Waals surface area (Å²) in [6.07, 6.45) is 0. The number of benzene rings is 3. The summed E-state index contributed by atoms with van der Waals surface area (Å²) in [7, 11) is 0. The molecule has 2 aliphatic heterocycles. The Kier molecular flexibility index (Phi) is 5.62. The first-order valence-corrected chi connectivity index (χ1v) is 12.2. The Bertz CT molecular complexity index is 1340. The number of hydrogen-bond donors (Lipinski definition) is 1. The molecular formula is C26H22ClN3O3S. The van der Waals surface area contributed by atoms with Gasteiger partial charge < -0.3 is 5.32 Å². The number of nitrogens with one attached hydrogen (secondary N) is 1.